The fourth-order valence-electron chi connectivity index (χ4n) is 3.29. The molecule has 0 N–H and O–H groups in total. The molecule has 1 fully saturated rings. The average Bonchev–Trinajstić information content (AvgIpc) is 2.93. The maximum absolute atomic E-state index is 6.05. The van der Waals surface area contributed by atoms with Crippen LogP contribution in [0.25, 0.3) is 0 Å². The Morgan fingerprint density at radius 1 is 1.30 bits per heavy atom. The molecule has 2 aliphatic rings. The van der Waals surface area contributed by atoms with Gasteiger partial charge in [-0.3, -0.25) is 0 Å². The number of para-hydroxylation sites is 1. The van der Waals surface area contributed by atoms with E-state index in [9.17, 15) is 0 Å². The summed E-state index contributed by atoms with van der Waals surface area (Å²) in [5.74, 6) is 1.16. The highest BCUT2D eigenvalue weighted by Crippen LogP contribution is 2.33. The van der Waals surface area contributed by atoms with Gasteiger partial charge in [0, 0.05) is 25.3 Å². The van der Waals surface area contributed by atoms with Crippen molar-refractivity contribution in [3.63, 3.8) is 0 Å². The van der Waals surface area contributed by atoms with Gasteiger partial charge in [0.2, 0.25) is 11.8 Å². The van der Waals surface area contributed by atoms with E-state index in [1.165, 1.54) is 11.3 Å². The summed E-state index contributed by atoms with van der Waals surface area (Å²) in [6.07, 6.45) is 2.76. The van der Waals surface area contributed by atoms with Crippen LogP contribution in [0.4, 0.5) is 11.6 Å². The van der Waals surface area contributed by atoms with Gasteiger partial charge in [0.15, 0.2) is 0 Å². The standard InChI is InChI=1S/C17H19ClN4O/c1-2-23-16-14(18)9-19-17(20-16)21-10-13(11-21)22-8-7-12-5-3-4-6-15(12)22/h3-6,9,13H,2,7-8,10-11H2,1H3. The summed E-state index contributed by atoms with van der Waals surface area (Å²) in [4.78, 5) is 13.4. The maximum Gasteiger partial charge on any atom is 0.237 e. The van der Waals surface area contributed by atoms with E-state index < -0.39 is 0 Å². The first-order valence-corrected chi connectivity index (χ1v) is 8.39. The number of benzene rings is 1. The van der Waals surface area contributed by atoms with Gasteiger partial charge in [-0.2, -0.15) is 4.98 Å². The summed E-state index contributed by atoms with van der Waals surface area (Å²) in [6.45, 7) is 5.43. The van der Waals surface area contributed by atoms with E-state index in [0.717, 1.165) is 26.1 Å². The predicted molar refractivity (Wildman–Crippen MR) is 91.7 cm³/mol. The molecule has 0 unspecified atom stereocenters. The third kappa shape index (κ3) is 2.59. The summed E-state index contributed by atoms with van der Waals surface area (Å²) < 4.78 is 5.45. The minimum atomic E-state index is 0.459. The lowest BCUT2D eigenvalue weighted by Gasteiger charge is -2.45. The Morgan fingerprint density at radius 2 is 2.13 bits per heavy atom. The Bertz CT molecular complexity index is 717. The minimum Gasteiger partial charge on any atom is -0.477 e. The molecule has 4 rings (SSSR count). The van der Waals surface area contributed by atoms with E-state index in [-0.39, 0.29) is 0 Å². The van der Waals surface area contributed by atoms with Gasteiger partial charge in [0.05, 0.1) is 18.8 Å². The zero-order valence-corrected chi connectivity index (χ0v) is 13.8. The first-order chi connectivity index (χ1) is 11.3. The van der Waals surface area contributed by atoms with Gasteiger partial charge in [-0.1, -0.05) is 29.8 Å². The van der Waals surface area contributed by atoms with Crippen LogP contribution in [0.2, 0.25) is 5.02 Å². The first-order valence-electron chi connectivity index (χ1n) is 8.01. The van der Waals surface area contributed by atoms with E-state index in [4.69, 9.17) is 16.3 Å². The van der Waals surface area contributed by atoms with Crippen molar-refractivity contribution in [1.29, 1.82) is 0 Å². The maximum atomic E-state index is 6.05. The number of fused-ring (bicyclic) bond motifs is 1. The van der Waals surface area contributed by atoms with Crippen molar-refractivity contribution in [1.82, 2.24) is 9.97 Å². The zero-order valence-electron chi connectivity index (χ0n) is 13.1. The van der Waals surface area contributed by atoms with Crippen LogP contribution in [-0.2, 0) is 6.42 Å². The van der Waals surface area contributed by atoms with Gasteiger partial charge in [0.25, 0.3) is 0 Å². The average molecular weight is 331 g/mol. The zero-order chi connectivity index (χ0) is 15.8. The van der Waals surface area contributed by atoms with Gasteiger partial charge in [-0.25, -0.2) is 4.98 Å². The Balaban J connectivity index is 1.45. The second kappa shape index (κ2) is 5.89. The number of rotatable bonds is 4. The van der Waals surface area contributed by atoms with Crippen LogP contribution in [0.3, 0.4) is 0 Å². The summed E-state index contributed by atoms with van der Waals surface area (Å²) in [5.41, 5.74) is 2.83. The molecule has 3 heterocycles. The molecule has 0 aliphatic carbocycles. The molecule has 1 aromatic heterocycles. The van der Waals surface area contributed by atoms with E-state index in [1.54, 1.807) is 6.20 Å². The van der Waals surface area contributed by atoms with E-state index in [1.807, 2.05) is 6.92 Å². The smallest absolute Gasteiger partial charge is 0.237 e. The lowest BCUT2D eigenvalue weighted by atomic mass is 10.1. The Hall–Kier alpha value is -2.01. The number of aromatic nitrogens is 2. The van der Waals surface area contributed by atoms with Crippen molar-refractivity contribution in [3.05, 3.63) is 41.0 Å². The lowest BCUT2D eigenvalue weighted by molar-refractivity contribution is 0.325. The van der Waals surface area contributed by atoms with Gasteiger partial charge in [-0.15, -0.1) is 0 Å². The van der Waals surface area contributed by atoms with E-state index >= 15 is 0 Å². The highest BCUT2D eigenvalue weighted by Gasteiger charge is 2.36. The number of halogens is 1. The minimum absolute atomic E-state index is 0.459. The molecule has 0 saturated carbocycles. The van der Waals surface area contributed by atoms with E-state index in [2.05, 4.69) is 44.0 Å². The van der Waals surface area contributed by atoms with Crippen LogP contribution in [-0.4, -0.2) is 42.3 Å². The molecule has 5 nitrogen and oxygen atoms in total. The monoisotopic (exact) mass is 330 g/mol. The van der Waals surface area contributed by atoms with Gasteiger partial charge >= 0.3 is 0 Å². The van der Waals surface area contributed by atoms with Crippen LogP contribution in [0.15, 0.2) is 30.5 Å². The molecule has 1 saturated heterocycles. The van der Waals surface area contributed by atoms with Crippen molar-refractivity contribution in [2.75, 3.05) is 36.0 Å². The van der Waals surface area contributed by atoms with Crippen LogP contribution in [0, 0.1) is 0 Å². The molecule has 0 spiro atoms. The van der Waals surface area contributed by atoms with Crippen molar-refractivity contribution < 1.29 is 4.74 Å². The third-order valence-electron chi connectivity index (χ3n) is 4.49. The number of nitrogens with zero attached hydrogens (tertiary/aromatic N) is 4. The molecule has 0 radical (unpaired) electrons. The molecule has 0 bridgehead atoms. The Labute approximate surface area is 140 Å². The molecular formula is C17H19ClN4O. The second-order valence-corrected chi connectivity index (χ2v) is 6.29. The summed E-state index contributed by atoms with van der Waals surface area (Å²) >= 11 is 6.05. The lowest BCUT2D eigenvalue weighted by Crippen LogP contribution is -2.60. The Kier molecular flexibility index (Phi) is 3.73. The number of anilines is 2. The van der Waals surface area contributed by atoms with Gasteiger partial charge in [0.1, 0.15) is 5.02 Å². The second-order valence-electron chi connectivity index (χ2n) is 5.89. The highest BCUT2D eigenvalue weighted by molar-refractivity contribution is 6.31. The molecular weight excluding hydrogens is 312 g/mol. The third-order valence-corrected chi connectivity index (χ3v) is 4.75. The highest BCUT2D eigenvalue weighted by atomic mass is 35.5. The van der Waals surface area contributed by atoms with Crippen LogP contribution in [0.1, 0.15) is 12.5 Å². The normalized spacial score (nSPS) is 17.1. The van der Waals surface area contributed by atoms with E-state index in [0.29, 0.717) is 29.5 Å². The predicted octanol–water partition coefficient (Wildman–Crippen LogP) is 2.78. The topological polar surface area (TPSA) is 41.5 Å². The fourth-order valence-corrected chi connectivity index (χ4v) is 3.44. The molecule has 23 heavy (non-hydrogen) atoms. The van der Waals surface area contributed by atoms with Gasteiger partial charge in [-0.05, 0) is 25.0 Å². The Morgan fingerprint density at radius 3 is 2.96 bits per heavy atom. The molecule has 6 heteroatoms. The van der Waals surface area contributed by atoms with Crippen LogP contribution in [0.5, 0.6) is 5.88 Å². The molecule has 2 aromatic rings. The molecule has 1 aromatic carbocycles. The largest absolute Gasteiger partial charge is 0.477 e. The van der Waals surface area contributed by atoms with Crippen molar-refractivity contribution in [2.45, 2.75) is 19.4 Å². The van der Waals surface area contributed by atoms with Crippen molar-refractivity contribution in [3.8, 4) is 5.88 Å². The molecule has 0 amide bonds. The van der Waals surface area contributed by atoms with Crippen molar-refractivity contribution in [2.24, 2.45) is 0 Å². The number of hydrogen-bond donors (Lipinski definition) is 0. The first kappa shape index (κ1) is 14.6. The summed E-state index contributed by atoms with van der Waals surface area (Å²) in [7, 11) is 0. The molecule has 0 atom stereocenters. The number of ether oxygens (including phenoxy) is 1. The number of hydrogen-bond acceptors (Lipinski definition) is 5. The molecule has 2 aliphatic heterocycles. The van der Waals surface area contributed by atoms with Gasteiger partial charge < -0.3 is 14.5 Å². The summed E-state index contributed by atoms with van der Waals surface area (Å²) in [6, 6.07) is 9.20. The van der Waals surface area contributed by atoms with Crippen LogP contribution >= 0.6 is 11.6 Å². The molecule has 120 valence electrons. The van der Waals surface area contributed by atoms with Crippen LogP contribution < -0.4 is 14.5 Å². The summed E-state index contributed by atoms with van der Waals surface area (Å²) in [5, 5.41) is 0.459. The van der Waals surface area contributed by atoms with Crippen molar-refractivity contribution >= 4 is 23.2 Å². The fraction of sp³-hybridized carbons (Fsp3) is 0.412. The SMILES string of the molecule is CCOc1nc(N2CC(N3CCc4ccccc43)C2)ncc1Cl. The quantitative estimate of drug-likeness (QED) is 0.862.